The van der Waals surface area contributed by atoms with E-state index in [-0.39, 0.29) is 6.10 Å². The maximum atomic E-state index is 12.8. The molecule has 1 aliphatic rings. The number of likely N-dealkylation sites (N-methyl/N-ethyl adjacent to an activating group) is 1. The van der Waals surface area contributed by atoms with Crippen LogP contribution >= 0.6 is 0 Å². The summed E-state index contributed by atoms with van der Waals surface area (Å²) in [5, 5.41) is 3.06. The molecule has 0 saturated heterocycles. The van der Waals surface area contributed by atoms with E-state index in [0.717, 1.165) is 22.8 Å². The van der Waals surface area contributed by atoms with Crippen LogP contribution in [0.25, 0.3) is 11.1 Å². The number of fused-ring (bicyclic) bond motifs is 1. The minimum absolute atomic E-state index is 0.0659. The number of benzene rings is 1. The molecule has 1 N–H and O–H groups in total. The Balaban J connectivity index is 0.000000701. The second kappa shape index (κ2) is 8.45. The highest BCUT2D eigenvalue weighted by Gasteiger charge is 2.33. The van der Waals surface area contributed by atoms with E-state index in [0.29, 0.717) is 18.7 Å². The lowest BCUT2D eigenvalue weighted by Crippen LogP contribution is -2.16. The average molecular weight is 352 g/mol. The standard InChI is InChI=1S/C16H15F3N2O.C3H8/c1-20-8-14-12-4-2-3-11(13(12)9-22-14)10-5-6-21-15(7-10)16(17,18)19;1-3-2/h2-7,14,20H,8-9H2,1H3;3H2,1-2H3. The van der Waals surface area contributed by atoms with Crippen molar-refractivity contribution in [3.8, 4) is 11.1 Å². The number of aromatic nitrogens is 1. The molecule has 1 unspecified atom stereocenters. The van der Waals surface area contributed by atoms with E-state index in [4.69, 9.17) is 4.74 Å². The first-order valence-corrected chi connectivity index (χ1v) is 8.33. The third-order valence-electron chi connectivity index (χ3n) is 3.74. The van der Waals surface area contributed by atoms with Gasteiger partial charge in [0.25, 0.3) is 0 Å². The molecule has 1 atom stereocenters. The molecule has 25 heavy (non-hydrogen) atoms. The van der Waals surface area contributed by atoms with Crippen LogP contribution in [0.3, 0.4) is 0 Å². The van der Waals surface area contributed by atoms with E-state index in [1.54, 1.807) is 6.07 Å². The first-order valence-electron chi connectivity index (χ1n) is 8.33. The smallest absolute Gasteiger partial charge is 0.367 e. The summed E-state index contributed by atoms with van der Waals surface area (Å²) in [5.74, 6) is 0. The maximum absolute atomic E-state index is 12.8. The molecule has 2 aromatic rings. The molecule has 2 heterocycles. The first-order chi connectivity index (χ1) is 11.9. The Kier molecular flexibility index (Phi) is 6.56. The van der Waals surface area contributed by atoms with Gasteiger partial charge in [-0.2, -0.15) is 13.2 Å². The summed E-state index contributed by atoms with van der Waals surface area (Å²) in [7, 11) is 1.84. The van der Waals surface area contributed by atoms with Gasteiger partial charge in [0.1, 0.15) is 5.69 Å². The summed E-state index contributed by atoms with van der Waals surface area (Å²) in [6.07, 6.45) is -2.07. The molecule has 0 saturated carbocycles. The van der Waals surface area contributed by atoms with Crippen molar-refractivity contribution in [2.24, 2.45) is 0 Å². The summed E-state index contributed by atoms with van der Waals surface area (Å²) in [4.78, 5) is 3.41. The third kappa shape index (κ3) is 4.58. The zero-order valence-electron chi connectivity index (χ0n) is 14.7. The van der Waals surface area contributed by atoms with Crippen LogP contribution in [0, 0.1) is 0 Å². The van der Waals surface area contributed by atoms with Crippen molar-refractivity contribution in [1.82, 2.24) is 10.3 Å². The van der Waals surface area contributed by atoms with E-state index in [1.165, 1.54) is 12.6 Å². The number of rotatable bonds is 3. The molecule has 0 amide bonds. The maximum Gasteiger partial charge on any atom is 0.433 e. The van der Waals surface area contributed by atoms with Crippen molar-refractivity contribution >= 4 is 0 Å². The number of hydrogen-bond donors (Lipinski definition) is 1. The van der Waals surface area contributed by atoms with Gasteiger partial charge < -0.3 is 10.1 Å². The summed E-state index contributed by atoms with van der Waals surface area (Å²) in [6, 6.07) is 8.30. The molecular weight excluding hydrogens is 329 g/mol. The summed E-state index contributed by atoms with van der Waals surface area (Å²) in [6.45, 7) is 5.32. The van der Waals surface area contributed by atoms with E-state index < -0.39 is 11.9 Å². The van der Waals surface area contributed by atoms with Gasteiger partial charge in [-0.15, -0.1) is 0 Å². The number of pyridine rings is 1. The molecule has 0 bridgehead atoms. The Bertz CT molecular complexity index is 701. The SMILES string of the molecule is CCC.CNCC1OCc2c(-c3ccnc(C(F)(F)F)c3)cccc21. The van der Waals surface area contributed by atoms with Crippen molar-refractivity contribution in [3.63, 3.8) is 0 Å². The Morgan fingerprint density at radius 2 is 1.96 bits per heavy atom. The van der Waals surface area contributed by atoms with Gasteiger partial charge in [0.15, 0.2) is 0 Å². The molecule has 6 heteroatoms. The van der Waals surface area contributed by atoms with Crippen molar-refractivity contribution in [3.05, 3.63) is 53.3 Å². The van der Waals surface area contributed by atoms with Crippen LogP contribution in [0.5, 0.6) is 0 Å². The molecular formula is C19H23F3N2O. The molecule has 0 radical (unpaired) electrons. The Morgan fingerprint density at radius 1 is 1.24 bits per heavy atom. The van der Waals surface area contributed by atoms with Gasteiger partial charge in [-0.25, -0.2) is 0 Å². The van der Waals surface area contributed by atoms with Crippen LogP contribution in [0.15, 0.2) is 36.5 Å². The van der Waals surface area contributed by atoms with E-state index in [9.17, 15) is 13.2 Å². The van der Waals surface area contributed by atoms with Gasteiger partial charge in [0.05, 0.1) is 12.7 Å². The highest BCUT2D eigenvalue weighted by Crippen LogP contribution is 2.38. The van der Waals surface area contributed by atoms with Gasteiger partial charge in [-0.05, 0) is 41.4 Å². The van der Waals surface area contributed by atoms with Gasteiger partial charge in [0.2, 0.25) is 0 Å². The fraction of sp³-hybridized carbons (Fsp3) is 0.421. The number of nitrogens with zero attached hydrogens (tertiary/aromatic N) is 1. The van der Waals surface area contributed by atoms with Crippen LogP contribution in [0.2, 0.25) is 0 Å². The minimum Gasteiger partial charge on any atom is -0.367 e. The Morgan fingerprint density at radius 3 is 2.60 bits per heavy atom. The van der Waals surface area contributed by atoms with Crippen LogP contribution in [0.1, 0.15) is 43.2 Å². The van der Waals surface area contributed by atoms with Gasteiger partial charge in [0, 0.05) is 12.7 Å². The van der Waals surface area contributed by atoms with Gasteiger partial charge in [-0.1, -0.05) is 38.5 Å². The highest BCUT2D eigenvalue weighted by atomic mass is 19.4. The molecule has 3 nitrogen and oxygen atoms in total. The quantitative estimate of drug-likeness (QED) is 0.846. The van der Waals surface area contributed by atoms with E-state index in [1.807, 2.05) is 25.2 Å². The van der Waals surface area contributed by atoms with Crippen molar-refractivity contribution in [2.45, 2.75) is 39.2 Å². The fourth-order valence-electron chi connectivity index (χ4n) is 2.72. The molecule has 1 aliphatic heterocycles. The number of ether oxygens (including phenoxy) is 1. The highest BCUT2D eigenvalue weighted by molar-refractivity contribution is 5.69. The molecule has 0 fully saturated rings. The lowest BCUT2D eigenvalue weighted by molar-refractivity contribution is -0.141. The topological polar surface area (TPSA) is 34.1 Å². The molecule has 136 valence electrons. The van der Waals surface area contributed by atoms with Gasteiger partial charge in [-0.3, -0.25) is 4.98 Å². The second-order valence-corrected chi connectivity index (χ2v) is 5.87. The molecule has 3 rings (SSSR count). The monoisotopic (exact) mass is 352 g/mol. The lowest BCUT2D eigenvalue weighted by Gasteiger charge is -2.12. The summed E-state index contributed by atoms with van der Waals surface area (Å²) < 4.78 is 44.2. The van der Waals surface area contributed by atoms with Crippen LogP contribution < -0.4 is 5.32 Å². The molecule has 1 aromatic carbocycles. The Labute approximate surface area is 146 Å². The summed E-state index contributed by atoms with van der Waals surface area (Å²) in [5.41, 5.74) is 2.37. The minimum atomic E-state index is -4.45. The van der Waals surface area contributed by atoms with E-state index in [2.05, 4.69) is 24.1 Å². The number of halogens is 3. The molecule has 1 aromatic heterocycles. The van der Waals surface area contributed by atoms with Crippen molar-refractivity contribution in [1.29, 1.82) is 0 Å². The third-order valence-corrected chi connectivity index (χ3v) is 3.74. The predicted molar refractivity (Wildman–Crippen MR) is 92.1 cm³/mol. The molecule has 0 aliphatic carbocycles. The molecule has 0 spiro atoms. The van der Waals surface area contributed by atoms with Crippen LogP contribution in [0.4, 0.5) is 13.2 Å². The second-order valence-electron chi connectivity index (χ2n) is 5.87. The van der Waals surface area contributed by atoms with E-state index >= 15 is 0 Å². The number of hydrogen-bond acceptors (Lipinski definition) is 3. The average Bonchev–Trinajstić information content (AvgIpc) is 2.99. The van der Waals surface area contributed by atoms with Crippen molar-refractivity contribution < 1.29 is 17.9 Å². The number of nitrogens with one attached hydrogen (secondary N) is 1. The largest absolute Gasteiger partial charge is 0.433 e. The lowest BCUT2D eigenvalue weighted by atomic mass is 9.95. The number of alkyl halides is 3. The first kappa shape index (κ1) is 19.4. The van der Waals surface area contributed by atoms with Crippen LogP contribution in [-0.2, 0) is 17.5 Å². The fourth-order valence-corrected chi connectivity index (χ4v) is 2.72. The predicted octanol–water partition coefficient (Wildman–Crippen LogP) is 4.97. The van der Waals surface area contributed by atoms with Crippen molar-refractivity contribution in [2.75, 3.05) is 13.6 Å². The van der Waals surface area contributed by atoms with Gasteiger partial charge >= 0.3 is 6.18 Å². The summed E-state index contributed by atoms with van der Waals surface area (Å²) >= 11 is 0. The van der Waals surface area contributed by atoms with Crippen LogP contribution in [-0.4, -0.2) is 18.6 Å². The normalized spacial score (nSPS) is 16.2. The zero-order valence-corrected chi connectivity index (χ0v) is 14.7. The zero-order chi connectivity index (χ0) is 18.4. The Hall–Kier alpha value is -1.92.